The summed E-state index contributed by atoms with van der Waals surface area (Å²) in [7, 11) is 0. The van der Waals surface area contributed by atoms with Crippen LogP contribution >= 0.6 is 11.6 Å². The molecule has 0 spiro atoms. The van der Waals surface area contributed by atoms with Gasteiger partial charge in [-0.05, 0) is 74.5 Å². The molecule has 4 aliphatic carbocycles. The van der Waals surface area contributed by atoms with Crippen LogP contribution < -0.4 is 5.32 Å². The molecule has 23 heavy (non-hydrogen) atoms. The maximum Gasteiger partial charge on any atom is 0.226 e. The van der Waals surface area contributed by atoms with Crippen LogP contribution in [0.5, 0.6) is 0 Å². The molecule has 1 amide bonds. The Kier molecular flexibility index (Phi) is 3.85. The van der Waals surface area contributed by atoms with Crippen LogP contribution in [0, 0.1) is 35.0 Å². The van der Waals surface area contributed by atoms with Crippen molar-refractivity contribution < 1.29 is 4.79 Å². The summed E-state index contributed by atoms with van der Waals surface area (Å²) in [5.74, 6) is 8.75. The Balaban J connectivity index is 1.38. The van der Waals surface area contributed by atoms with Crippen molar-refractivity contribution >= 4 is 17.5 Å². The second kappa shape index (κ2) is 5.87. The number of rotatable bonds is 2. The second-order valence-corrected chi connectivity index (χ2v) is 8.13. The molecule has 1 aromatic carbocycles. The number of hydrogen-bond donors (Lipinski definition) is 1. The Bertz CT molecular complexity index is 649. The predicted octanol–water partition coefficient (Wildman–Crippen LogP) is 4.02. The molecule has 0 unspecified atom stereocenters. The number of benzene rings is 1. The fourth-order valence-corrected chi connectivity index (χ4v) is 5.60. The van der Waals surface area contributed by atoms with E-state index in [4.69, 9.17) is 11.6 Å². The first-order valence-corrected chi connectivity index (χ1v) is 9.03. The van der Waals surface area contributed by atoms with E-state index in [1.165, 1.54) is 19.3 Å². The SMILES string of the molecule is O=C(NCC#Cc1cccc(Cl)c1)C12CC3CC(CC(C3)C1)C2. The summed E-state index contributed by atoms with van der Waals surface area (Å²) in [6.45, 7) is 0.424. The van der Waals surface area contributed by atoms with Crippen molar-refractivity contribution in [1.82, 2.24) is 5.32 Å². The van der Waals surface area contributed by atoms with Crippen LogP contribution in [0.4, 0.5) is 0 Å². The summed E-state index contributed by atoms with van der Waals surface area (Å²) in [5.41, 5.74) is 0.813. The monoisotopic (exact) mass is 327 g/mol. The van der Waals surface area contributed by atoms with Gasteiger partial charge in [-0.3, -0.25) is 4.79 Å². The minimum Gasteiger partial charge on any atom is -0.345 e. The van der Waals surface area contributed by atoms with Crippen LogP contribution in [0.1, 0.15) is 44.1 Å². The topological polar surface area (TPSA) is 29.1 Å². The number of nitrogens with one attached hydrogen (secondary N) is 1. The molecule has 4 fully saturated rings. The third-order valence-electron chi connectivity index (χ3n) is 5.91. The first kappa shape index (κ1) is 15.1. The van der Waals surface area contributed by atoms with Gasteiger partial charge in [0.05, 0.1) is 6.54 Å². The van der Waals surface area contributed by atoms with Crippen molar-refractivity contribution in [2.75, 3.05) is 6.54 Å². The van der Waals surface area contributed by atoms with Crippen LogP contribution in [-0.4, -0.2) is 12.5 Å². The standard InChI is InChI=1S/C20H22ClNO/c21-18-5-1-3-14(10-18)4-2-6-22-19(23)20-11-15-7-16(12-20)9-17(8-15)13-20/h1,3,5,10,15-17H,6-9,11-13H2,(H,22,23). The maximum atomic E-state index is 12.8. The molecule has 1 aromatic rings. The summed E-state index contributed by atoms with van der Waals surface area (Å²) in [6.07, 6.45) is 7.40. The van der Waals surface area contributed by atoms with E-state index in [9.17, 15) is 4.79 Å². The third kappa shape index (κ3) is 3.00. The van der Waals surface area contributed by atoms with Gasteiger partial charge in [-0.1, -0.05) is 29.5 Å². The quantitative estimate of drug-likeness (QED) is 0.817. The summed E-state index contributed by atoms with van der Waals surface area (Å²) >= 11 is 5.95. The summed E-state index contributed by atoms with van der Waals surface area (Å²) in [4.78, 5) is 12.8. The molecule has 120 valence electrons. The zero-order chi connectivity index (χ0) is 15.9. The van der Waals surface area contributed by atoms with Gasteiger partial charge in [-0.25, -0.2) is 0 Å². The van der Waals surface area contributed by atoms with Crippen molar-refractivity contribution in [3.63, 3.8) is 0 Å². The van der Waals surface area contributed by atoms with E-state index in [0.29, 0.717) is 11.6 Å². The summed E-state index contributed by atoms with van der Waals surface area (Å²) < 4.78 is 0. The van der Waals surface area contributed by atoms with Gasteiger partial charge in [0.2, 0.25) is 5.91 Å². The van der Waals surface area contributed by atoms with E-state index >= 15 is 0 Å². The highest BCUT2D eigenvalue weighted by molar-refractivity contribution is 6.30. The molecule has 0 atom stereocenters. The lowest BCUT2D eigenvalue weighted by atomic mass is 9.49. The first-order chi connectivity index (χ1) is 11.1. The summed E-state index contributed by atoms with van der Waals surface area (Å²) in [6, 6.07) is 7.50. The molecule has 4 aliphatic rings. The van der Waals surface area contributed by atoms with E-state index in [1.54, 1.807) is 0 Å². The van der Waals surface area contributed by atoms with E-state index in [-0.39, 0.29) is 11.3 Å². The molecule has 0 heterocycles. The van der Waals surface area contributed by atoms with Crippen LogP contribution in [0.3, 0.4) is 0 Å². The van der Waals surface area contributed by atoms with E-state index in [0.717, 1.165) is 42.6 Å². The van der Waals surface area contributed by atoms with E-state index in [2.05, 4.69) is 17.2 Å². The van der Waals surface area contributed by atoms with Crippen molar-refractivity contribution in [2.45, 2.75) is 38.5 Å². The van der Waals surface area contributed by atoms with Gasteiger partial charge in [0.1, 0.15) is 0 Å². The minimum absolute atomic E-state index is 0.0769. The van der Waals surface area contributed by atoms with Gasteiger partial charge in [-0.2, -0.15) is 0 Å². The number of carbonyl (C=O) groups excluding carboxylic acids is 1. The van der Waals surface area contributed by atoms with Crippen molar-refractivity contribution in [1.29, 1.82) is 0 Å². The Morgan fingerprint density at radius 2 is 1.83 bits per heavy atom. The highest BCUT2D eigenvalue weighted by Crippen LogP contribution is 2.60. The Morgan fingerprint density at radius 1 is 1.17 bits per heavy atom. The van der Waals surface area contributed by atoms with E-state index < -0.39 is 0 Å². The van der Waals surface area contributed by atoms with Crippen LogP contribution in [-0.2, 0) is 4.79 Å². The lowest BCUT2D eigenvalue weighted by molar-refractivity contribution is -0.145. The van der Waals surface area contributed by atoms with Crippen molar-refractivity contribution in [3.05, 3.63) is 34.9 Å². The lowest BCUT2D eigenvalue weighted by Gasteiger charge is -2.55. The lowest BCUT2D eigenvalue weighted by Crippen LogP contribution is -2.53. The molecule has 1 N–H and O–H groups in total. The first-order valence-electron chi connectivity index (χ1n) is 8.66. The average molecular weight is 328 g/mol. The predicted molar refractivity (Wildman–Crippen MR) is 91.9 cm³/mol. The molecular weight excluding hydrogens is 306 g/mol. The van der Waals surface area contributed by atoms with Gasteiger partial charge < -0.3 is 5.32 Å². The summed E-state index contributed by atoms with van der Waals surface area (Å²) in [5, 5.41) is 3.77. The van der Waals surface area contributed by atoms with Gasteiger partial charge >= 0.3 is 0 Å². The molecule has 0 radical (unpaired) electrons. The molecule has 4 bridgehead atoms. The highest BCUT2D eigenvalue weighted by Gasteiger charge is 2.54. The Morgan fingerprint density at radius 3 is 2.43 bits per heavy atom. The molecule has 0 aromatic heterocycles. The van der Waals surface area contributed by atoms with Crippen LogP contribution in [0.25, 0.3) is 0 Å². The van der Waals surface area contributed by atoms with Gasteiger partial charge in [0, 0.05) is 16.0 Å². The number of amides is 1. The Labute approximate surface area is 143 Å². The molecular formula is C20H22ClNO. The minimum atomic E-state index is -0.0769. The number of halogens is 1. The van der Waals surface area contributed by atoms with Crippen LogP contribution in [0.15, 0.2) is 24.3 Å². The normalized spacial score (nSPS) is 33.9. The second-order valence-electron chi connectivity index (χ2n) is 7.69. The molecule has 3 heteroatoms. The van der Waals surface area contributed by atoms with Crippen LogP contribution in [0.2, 0.25) is 5.02 Å². The Hall–Kier alpha value is -1.46. The fraction of sp³-hybridized carbons (Fsp3) is 0.550. The largest absolute Gasteiger partial charge is 0.345 e. The molecule has 2 nitrogen and oxygen atoms in total. The molecule has 0 aliphatic heterocycles. The zero-order valence-corrected chi connectivity index (χ0v) is 14.0. The number of carbonyl (C=O) groups is 1. The molecule has 5 rings (SSSR count). The highest BCUT2D eigenvalue weighted by atomic mass is 35.5. The smallest absolute Gasteiger partial charge is 0.226 e. The van der Waals surface area contributed by atoms with Crippen molar-refractivity contribution in [3.8, 4) is 11.8 Å². The number of hydrogen-bond acceptors (Lipinski definition) is 1. The molecule has 0 saturated heterocycles. The van der Waals surface area contributed by atoms with Gasteiger partial charge in [-0.15, -0.1) is 0 Å². The van der Waals surface area contributed by atoms with Gasteiger partial charge in [0.15, 0.2) is 0 Å². The molecule has 4 saturated carbocycles. The zero-order valence-electron chi connectivity index (χ0n) is 13.3. The third-order valence-corrected chi connectivity index (χ3v) is 6.15. The van der Waals surface area contributed by atoms with E-state index in [1.807, 2.05) is 24.3 Å². The average Bonchev–Trinajstić information content (AvgIpc) is 2.50. The maximum absolute atomic E-state index is 12.8. The van der Waals surface area contributed by atoms with Gasteiger partial charge in [0.25, 0.3) is 0 Å². The fourth-order valence-electron chi connectivity index (χ4n) is 5.41. The van der Waals surface area contributed by atoms with Crippen molar-refractivity contribution in [2.24, 2.45) is 23.2 Å².